The van der Waals surface area contributed by atoms with Crippen LogP contribution in [0.1, 0.15) is 29.5 Å². The van der Waals surface area contributed by atoms with Gasteiger partial charge >= 0.3 is 0 Å². The van der Waals surface area contributed by atoms with Gasteiger partial charge in [0.2, 0.25) is 0 Å². The summed E-state index contributed by atoms with van der Waals surface area (Å²) in [5.41, 5.74) is 5.59. The Hall–Kier alpha value is -1.87. The molecule has 0 aliphatic carbocycles. The molecule has 4 rings (SSSR count). The van der Waals surface area contributed by atoms with Crippen LogP contribution < -0.4 is 4.90 Å². The van der Waals surface area contributed by atoms with Crippen molar-refractivity contribution in [3.63, 3.8) is 0 Å². The van der Waals surface area contributed by atoms with Gasteiger partial charge in [-0.3, -0.25) is 0 Å². The van der Waals surface area contributed by atoms with E-state index in [4.69, 9.17) is 0 Å². The molecular formula is C22H27FN2. The van der Waals surface area contributed by atoms with Crippen LogP contribution in [0.25, 0.3) is 0 Å². The van der Waals surface area contributed by atoms with E-state index in [9.17, 15) is 4.39 Å². The average Bonchev–Trinajstić information content (AvgIpc) is 3.05. The second-order valence-electron chi connectivity index (χ2n) is 7.52. The summed E-state index contributed by atoms with van der Waals surface area (Å²) in [7, 11) is 0. The van der Waals surface area contributed by atoms with Crippen molar-refractivity contribution in [1.82, 2.24) is 4.90 Å². The molecule has 0 atom stereocenters. The van der Waals surface area contributed by atoms with Crippen molar-refractivity contribution < 1.29 is 4.39 Å². The zero-order chi connectivity index (χ0) is 17.2. The number of piperidine rings is 1. The molecule has 132 valence electrons. The number of anilines is 1. The second kappa shape index (κ2) is 7.17. The highest BCUT2D eigenvalue weighted by Gasteiger charge is 2.29. The molecule has 0 aromatic heterocycles. The van der Waals surface area contributed by atoms with Gasteiger partial charge in [-0.25, -0.2) is 4.39 Å². The van der Waals surface area contributed by atoms with Gasteiger partial charge in [-0.15, -0.1) is 0 Å². The maximum Gasteiger partial charge on any atom is 0.123 e. The summed E-state index contributed by atoms with van der Waals surface area (Å²) in [5, 5.41) is 0. The molecule has 0 unspecified atom stereocenters. The zero-order valence-electron chi connectivity index (χ0n) is 15.0. The molecule has 2 nitrogen and oxygen atoms in total. The molecule has 1 fully saturated rings. The van der Waals surface area contributed by atoms with Crippen LogP contribution in [0, 0.1) is 12.7 Å². The maximum atomic E-state index is 13.0. The number of rotatable bonds is 4. The van der Waals surface area contributed by atoms with Crippen molar-refractivity contribution in [3.05, 3.63) is 65.0 Å². The first-order valence-electron chi connectivity index (χ1n) is 9.52. The van der Waals surface area contributed by atoms with E-state index in [0.29, 0.717) is 6.04 Å². The highest BCUT2D eigenvalue weighted by atomic mass is 19.1. The normalized spacial score (nSPS) is 18.6. The number of fused-ring (bicyclic) bond motifs is 1. The topological polar surface area (TPSA) is 6.48 Å². The lowest BCUT2D eigenvalue weighted by Crippen LogP contribution is -2.45. The molecule has 2 aromatic carbocycles. The Bertz CT molecular complexity index is 717. The maximum absolute atomic E-state index is 13.0. The van der Waals surface area contributed by atoms with E-state index in [0.717, 1.165) is 13.0 Å². The summed E-state index contributed by atoms with van der Waals surface area (Å²) in [5.74, 6) is -0.148. The molecule has 2 aliphatic heterocycles. The minimum absolute atomic E-state index is 0.148. The lowest BCUT2D eigenvalue weighted by molar-refractivity contribution is 0.212. The van der Waals surface area contributed by atoms with Crippen molar-refractivity contribution in [2.24, 2.45) is 0 Å². The van der Waals surface area contributed by atoms with Crippen LogP contribution in [0.2, 0.25) is 0 Å². The monoisotopic (exact) mass is 338 g/mol. The molecule has 2 aliphatic rings. The van der Waals surface area contributed by atoms with E-state index in [1.54, 1.807) is 12.1 Å². The van der Waals surface area contributed by atoms with Gasteiger partial charge < -0.3 is 9.80 Å². The fourth-order valence-corrected chi connectivity index (χ4v) is 4.29. The third-order valence-electron chi connectivity index (χ3n) is 5.80. The first-order valence-corrected chi connectivity index (χ1v) is 9.52. The van der Waals surface area contributed by atoms with Gasteiger partial charge in [0, 0.05) is 37.9 Å². The molecule has 0 radical (unpaired) electrons. The van der Waals surface area contributed by atoms with Gasteiger partial charge in [-0.1, -0.05) is 24.3 Å². The first-order chi connectivity index (χ1) is 12.2. The second-order valence-corrected chi connectivity index (χ2v) is 7.52. The Morgan fingerprint density at radius 1 is 1.00 bits per heavy atom. The Morgan fingerprint density at radius 2 is 1.76 bits per heavy atom. The smallest absolute Gasteiger partial charge is 0.123 e. The van der Waals surface area contributed by atoms with Gasteiger partial charge in [0.1, 0.15) is 5.82 Å². The number of hydrogen-bond donors (Lipinski definition) is 0. The van der Waals surface area contributed by atoms with Crippen LogP contribution in [0.5, 0.6) is 0 Å². The zero-order valence-corrected chi connectivity index (χ0v) is 15.0. The van der Waals surface area contributed by atoms with E-state index in [1.165, 1.54) is 61.3 Å². The van der Waals surface area contributed by atoms with E-state index in [-0.39, 0.29) is 5.82 Å². The van der Waals surface area contributed by atoms with Crippen molar-refractivity contribution in [1.29, 1.82) is 0 Å². The van der Waals surface area contributed by atoms with Crippen molar-refractivity contribution >= 4 is 5.69 Å². The molecule has 2 heterocycles. The predicted molar refractivity (Wildman–Crippen MR) is 102 cm³/mol. The van der Waals surface area contributed by atoms with Gasteiger partial charge in [0.25, 0.3) is 0 Å². The highest BCUT2D eigenvalue weighted by Crippen LogP contribution is 2.33. The molecule has 0 amide bonds. The number of aryl methyl sites for hydroxylation is 1. The van der Waals surface area contributed by atoms with Crippen molar-refractivity contribution in [2.45, 2.75) is 38.6 Å². The summed E-state index contributed by atoms with van der Waals surface area (Å²) >= 11 is 0. The average molecular weight is 338 g/mol. The molecule has 2 aromatic rings. The minimum Gasteiger partial charge on any atom is -0.368 e. The Balaban J connectivity index is 1.30. The number of benzene rings is 2. The summed E-state index contributed by atoms with van der Waals surface area (Å²) in [6.07, 6.45) is 4.70. The van der Waals surface area contributed by atoms with Gasteiger partial charge in [-0.2, -0.15) is 0 Å². The van der Waals surface area contributed by atoms with Crippen LogP contribution in [0.3, 0.4) is 0 Å². The summed E-state index contributed by atoms with van der Waals surface area (Å²) in [6.45, 7) is 6.79. The molecular weight excluding hydrogens is 311 g/mol. The number of hydrogen-bond acceptors (Lipinski definition) is 2. The van der Waals surface area contributed by atoms with E-state index < -0.39 is 0 Å². The molecule has 0 N–H and O–H groups in total. The molecule has 1 saturated heterocycles. The summed E-state index contributed by atoms with van der Waals surface area (Å²) in [6, 6.07) is 14.5. The van der Waals surface area contributed by atoms with E-state index >= 15 is 0 Å². The molecule has 0 spiro atoms. The first kappa shape index (κ1) is 16.6. The summed E-state index contributed by atoms with van der Waals surface area (Å²) < 4.78 is 13.0. The van der Waals surface area contributed by atoms with Crippen LogP contribution >= 0.6 is 0 Å². The van der Waals surface area contributed by atoms with Gasteiger partial charge in [-0.05, 0) is 67.5 Å². The number of likely N-dealkylation sites (tertiary alicyclic amines) is 1. The molecule has 3 heteroatoms. The third-order valence-corrected chi connectivity index (χ3v) is 5.80. The van der Waals surface area contributed by atoms with Crippen LogP contribution in [0.4, 0.5) is 10.1 Å². The van der Waals surface area contributed by atoms with Crippen LogP contribution in [-0.4, -0.2) is 37.1 Å². The molecule has 0 saturated carbocycles. The van der Waals surface area contributed by atoms with Gasteiger partial charge in [0.15, 0.2) is 0 Å². The number of halogens is 1. The lowest BCUT2D eigenvalue weighted by atomic mass is 10.0. The Kier molecular flexibility index (Phi) is 4.76. The SMILES string of the molecule is Cc1ccc2c(c1)N(C1CCN(CCc3ccc(F)cc3)CC1)CC2. The quantitative estimate of drug-likeness (QED) is 0.824. The fourth-order valence-electron chi connectivity index (χ4n) is 4.29. The van der Waals surface area contributed by atoms with E-state index in [1.807, 2.05) is 12.1 Å². The standard InChI is InChI=1S/C22H27FN2/c1-17-2-5-19-9-15-25(22(19)16-17)21-10-13-24(14-11-21)12-8-18-3-6-20(23)7-4-18/h2-7,16,21H,8-15H2,1H3. The van der Waals surface area contributed by atoms with Crippen LogP contribution in [-0.2, 0) is 12.8 Å². The highest BCUT2D eigenvalue weighted by molar-refractivity contribution is 5.60. The Labute approximate surface area is 150 Å². The van der Waals surface area contributed by atoms with Crippen LogP contribution in [0.15, 0.2) is 42.5 Å². The predicted octanol–water partition coefficient (Wildman–Crippen LogP) is 4.20. The van der Waals surface area contributed by atoms with E-state index in [2.05, 4.69) is 34.9 Å². The molecule has 0 bridgehead atoms. The van der Waals surface area contributed by atoms with Crippen molar-refractivity contribution in [2.75, 3.05) is 31.1 Å². The summed E-state index contributed by atoms with van der Waals surface area (Å²) in [4.78, 5) is 5.22. The van der Waals surface area contributed by atoms with Gasteiger partial charge in [0.05, 0.1) is 0 Å². The number of nitrogens with zero attached hydrogens (tertiary/aromatic N) is 2. The lowest BCUT2D eigenvalue weighted by Gasteiger charge is -2.38. The van der Waals surface area contributed by atoms with Crippen molar-refractivity contribution in [3.8, 4) is 0 Å². The largest absolute Gasteiger partial charge is 0.368 e. The third kappa shape index (κ3) is 3.72. The minimum atomic E-state index is -0.148. The fraction of sp³-hybridized carbons (Fsp3) is 0.455. The molecule has 25 heavy (non-hydrogen) atoms. The Morgan fingerprint density at radius 3 is 2.52 bits per heavy atom.